The van der Waals surface area contributed by atoms with Gasteiger partial charge in [0.25, 0.3) is 0 Å². The second-order valence-electron chi connectivity index (χ2n) is 2.17. The Morgan fingerprint density at radius 3 is 2.18 bits per heavy atom. The van der Waals surface area contributed by atoms with E-state index in [9.17, 15) is 8.78 Å². The van der Waals surface area contributed by atoms with E-state index in [4.69, 9.17) is 5.11 Å². The molecular weight excluding hydrogens is 150 g/mol. The Morgan fingerprint density at radius 1 is 1.18 bits per heavy atom. The summed E-state index contributed by atoms with van der Waals surface area (Å²) in [5.41, 5.74) is -0.0463. The summed E-state index contributed by atoms with van der Waals surface area (Å²) in [6, 6.07) is 3.65. The van der Waals surface area contributed by atoms with Crippen LogP contribution in [0.25, 0.3) is 0 Å². The van der Waals surface area contributed by atoms with Crippen LogP contribution in [0, 0.1) is 11.6 Å². The Hall–Kier alpha value is -0.960. The molecule has 0 aliphatic heterocycles. The Kier molecular flexibility index (Phi) is 2.54. The molecule has 0 amide bonds. The summed E-state index contributed by atoms with van der Waals surface area (Å²) < 4.78 is 25.4. The van der Waals surface area contributed by atoms with Crippen LogP contribution in [0.1, 0.15) is 5.56 Å². The third kappa shape index (κ3) is 1.74. The van der Waals surface area contributed by atoms with Crippen LogP contribution in [0.15, 0.2) is 18.2 Å². The zero-order chi connectivity index (χ0) is 8.27. The maximum atomic E-state index is 12.7. The van der Waals surface area contributed by atoms with Crippen molar-refractivity contribution >= 4 is 0 Å². The Labute approximate surface area is 63.3 Å². The number of rotatable bonds is 2. The maximum Gasteiger partial charge on any atom is 0.129 e. The lowest BCUT2D eigenvalue weighted by Crippen LogP contribution is -1.98. The zero-order valence-corrected chi connectivity index (χ0v) is 5.85. The molecule has 1 N–H and O–H groups in total. The van der Waals surface area contributed by atoms with Crippen LogP contribution < -0.4 is 0 Å². The quantitative estimate of drug-likeness (QED) is 0.691. The van der Waals surface area contributed by atoms with E-state index in [2.05, 4.69) is 0 Å². The van der Waals surface area contributed by atoms with Crippen LogP contribution in [0.5, 0.6) is 0 Å². The highest BCUT2D eigenvalue weighted by Crippen LogP contribution is 2.11. The van der Waals surface area contributed by atoms with Crippen molar-refractivity contribution in [3.63, 3.8) is 0 Å². The molecule has 1 aromatic carbocycles. The number of hydrogen-bond donors (Lipinski definition) is 1. The summed E-state index contributed by atoms with van der Waals surface area (Å²) in [4.78, 5) is 0. The molecule has 0 saturated carbocycles. The molecule has 60 valence electrons. The molecule has 0 radical (unpaired) electrons. The molecule has 0 heterocycles. The van der Waals surface area contributed by atoms with Crippen molar-refractivity contribution in [2.45, 2.75) is 6.42 Å². The minimum absolute atomic E-state index is 0.0263. The van der Waals surface area contributed by atoms with Gasteiger partial charge in [-0.2, -0.15) is 0 Å². The largest absolute Gasteiger partial charge is 0.396 e. The van der Waals surface area contributed by atoms with E-state index in [0.717, 1.165) is 0 Å². The summed E-state index contributed by atoms with van der Waals surface area (Å²) in [6.45, 7) is -0.238. The molecule has 1 rings (SSSR count). The summed E-state index contributed by atoms with van der Waals surface area (Å²) in [7, 11) is 0. The summed E-state index contributed by atoms with van der Waals surface area (Å²) in [5, 5.41) is 8.44. The van der Waals surface area contributed by atoms with Crippen molar-refractivity contribution in [3.8, 4) is 0 Å². The Balaban J connectivity index is 3.00. The molecule has 0 unspecified atom stereocenters. The molecule has 0 spiro atoms. The number of aliphatic hydroxyl groups is 1. The summed E-state index contributed by atoms with van der Waals surface area (Å²) in [6.07, 6.45) is 0.0263. The van der Waals surface area contributed by atoms with Gasteiger partial charge in [0.05, 0.1) is 0 Å². The van der Waals surface area contributed by atoms with Crippen LogP contribution in [0.3, 0.4) is 0 Å². The molecule has 1 aromatic rings. The second-order valence-corrected chi connectivity index (χ2v) is 2.17. The van der Waals surface area contributed by atoms with E-state index in [0.29, 0.717) is 0 Å². The van der Waals surface area contributed by atoms with Gasteiger partial charge in [0.2, 0.25) is 0 Å². The predicted molar refractivity (Wildman–Crippen MR) is 37.1 cm³/mol. The highest BCUT2D eigenvalue weighted by molar-refractivity contribution is 5.19. The van der Waals surface area contributed by atoms with Gasteiger partial charge >= 0.3 is 0 Å². The van der Waals surface area contributed by atoms with Crippen LogP contribution in [-0.2, 0) is 6.42 Å². The van der Waals surface area contributed by atoms with Crippen molar-refractivity contribution in [1.29, 1.82) is 0 Å². The van der Waals surface area contributed by atoms with E-state index < -0.39 is 11.6 Å². The van der Waals surface area contributed by atoms with E-state index in [1.165, 1.54) is 18.2 Å². The summed E-state index contributed by atoms with van der Waals surface area (Å²) >= 11 is 0. The smallest absolute Gasteiger partial charge is 0.129 e. The first kappa shape index (κ1) is 8.14. The van der Waals surface area contributed by atoms with Gasteiger partial charge in [-0.1, -0.05) is 6.07 Å². The predicted octanol–water partition coefficient (Wildman–Crippen LogP) is 1.50. The lowest BCUT2D eigenvalue weighted by atomic mass is 10.1. The van der Waals surface area contributed by atoms with Crippen molar-refractivity contribution in [2.75, 3.05) is 6.61 Å². The van der Waals surface area contributed by atoms with Gasteiger partial charge in [-0.05, 0) is 12.1 Å². The van der Waals surface area contributed by atoms with E-state index in [1.807, 2.05) is 0 Å². The maximum absolute atomic E-state index is 12.7. The molecule has 1 nitrogen and oxygen atoms in total. The molecule has 0 saturated heterocycles. The van der Waals surface area contributed by atoms with Crippen LogP contribution in [-0.4, -0.2) is 11.7 Å². The SMILES string of the molecule is OCCc1c(F)cccc1F. The van der Waals surface area contributed by atoms with Gasteiger partial charge in [0.1, 0.15) is 11.6 Å². The topological polar surface area (TPSA) is 20.2 Å². The lowest BCUT2D eigenvalue weighted by Gasteiger charge is -2.00. The second kappa shape index (κ2) is 3.44. The van der Waals surface area contributed by atoms with Gasteiger partial charge in [0.15, 0.2) is 0 Å². The number of aliphatic hydroxyl groups excluding tert-OH is 1. The number of benzene rings is 1. The zero-order valence-electron chi connectivity index (χ0n) is 5.85. The molecule has 3 heteroatoms. The van der Waals surface area contributed by atoms with E-state index in [1.54, 1.807) is 0 Å². The highest BCUT2D eigenvalue weighted by Gasteiger charge is 2.05. The standard InChI is InChI=1S/C8H8F2O/c9-7-2-1-3-8(10)6(7)4-5-11/h1-3,11H,4-5H2. The molecule has 0 aliphatic carbocycles. The van der Waals surface area contributed by atoms with Crippen LogP contribution in [0.2, 0.25) is 0 Å². The van der Waals surface area contributed by atoms with Gasteiger partial charge in [-0.3, -0.25) is 0 Å². The molecule has 0 bridgehead atoms. The van der Waals surface area contributed by atoms with E-state index in [-0.39, 0.29) is 18.6 Å². The lowest BCUT2D eigenvalue weighted by molar-refractivity contribution is 0.295. The van der Waals surface area contributed by atoms with Crippen LogP contribution >= 0.6 is 0 Å². The molecule has 11 heavy (non-hydrogen) atoms. The fraction of sp³-hybridized carbons (Fsp3) is 0.250. The fourth-order valence-electron chi connectivity index (χ4n) is 0.883. The summed E-state index contributed by atoms with van der Waals surface area (Å²) in [5.74, 6) is -1.20. The average molecular weight is 158 g/mol. The van der Waals surface area contributed by atoms with Crippen molar-refractivity contribution in [2.24, 2.45) is 0 Å². The first-order valence-corrected chi connectivity index (χ1v) is 3.29. The van der Waals surface area contributed by atoms with Crippen molar-refractivity contribution in [1.82, 2.24) is 0 Å². The average Bonchev–Trinajstić information content (AvgIpc) is 1.97. The van der Waals surface area contributed by atoms with Gasteiger partial charge in [-0.15, -0.1) is 0 Å². The molecule has 0 aromatic heterocycles. The van der Waals surface area contributed by atoms with Gasteiger partial charge < -0.3 is 5.11 Å². The molecular formula is C8H8F2O. The minimum atomic E-state index is -0.598. The van der Waals surface area contributed by atoms with Crippen molar-refractivity contribution < 1.29 is 13.9 Å². The molecule has 0 atom stereocenters. The number of hydrogen-bond acceptors (Lipinski definition) is 1. The first-order chi connectivity index (χ1) is 5.25. The molecule has 0 aliphatic rings. The Morgan fingerprint density at radius 2 is 1.73 bits per heavy atom. The third-order valence-corrected chi connectivity index (χ3v) is 1.42. The van der Waals surface area contributed by atoms with Crippen LogP contribution in [0.4, 0.5) is 8.78 Å². The minimum Gasteiger partial charge on any atom is -0.396 e. The highest BCUT2D eigenvalue weighted by atomic mass is 19.1. The van der Waals surface area contributed by atoms with Gasteiger partial charge in [-0.25, -0.2) is 8.78 Å². The van der Waals surface area contributed by atoms with Crippen molar-refractivity contribution in [3.05, 3.63) is 35.4 Å². The normalized spacial score (nSPS) is 10.1. The first-order valence-electron chi connectivity index (χ1n) is 3.29. The Bertz CT molecular complexity index is 228. The van der Waals surface area contributed by atoms with Gasteiger partial charge in [0, 0.05) is 18.6 Å². The van der Waals surface area contributed by atoms with E-state index >= 15 is 0 Å². The third-order valence-electron chi connectivity index (χ3n) is 1.42. The molecule has 0 fully saturated rings. The number of halogens is 2. The fourth-order valence-corrected chi connectivity index (χ4v) is 0.883. The monoisotopic (exact) mass is 158 g/mol.